The monoisotopic (exact) mass is 434 g/mol. The fraction of sp³-hybridized carbons (Fsp3) is 0.0741. The van der Waals surface area contributed by atoms with Crippen molar-refractivity contribution in [3.05, 3.63) is 120 Å². The van der Waals surface area contributed by atoms with Gasteiger partial charge in [0.05, 0.1) is 22.6 Å². The van der Waals surface area contributed by atoms with Crippen molar-refractivity contribution < 1.29 is 9.59 Å². The standard InChI is InChI=1S/C27H22N4O2/c32-26(29-17-20-9-6-14-28-16-20)21-12-13-25-23(15-21)30-27(33)22-10-4-5-11-24(22)31(25)18-19-7-2-1-3-8-19/h1-16H,17-18H2,(H,29,32)(H,30,33). The van der Waals surface area contributed by atoms with Gasteiger partial charge in [0.25, 0.3) is 11.8 Å². The average molecular weight is 434 g/mol. The Balaban J connectivity index is 1.48. The highest BCUT2D eigenvalue weighted by Gasteiger charge is 2.26. The van der Waals surface area contributed by atoms with Gasteiger partial charge in [-0.1, -0.05) is 48.5 Å². The molecule has 0 fully saturated rings. The molecule has 5 rings (SSSR count). The lowest BCUT2D eigenvalue weighted by molar-refractivity contribution is 0.0949. The third kappa shape index (κ3) is 4.32. The maximum atomic E-state index is 13.0. The summed E-state index contributed by atoms with van der Waals surface area (Å²) in [6.45, 7) is 0.966. The highest BCUT2D eigenvalue weighted by molar-refractivity contribution is 6.13. The van der Waals surface area contributed by atoms with Gasteiger partial charge in [-0.15, -0.1) is 0 Å². The predicted molar refractivity (Wildman–Crippen MR) is 129 cm³/mol. The fourth-order valence-electron chi connectivity index (χ4n) is 3.96. The van der Waals surface area contributed by atoms with Crippen LogP contribution in [0, 0.1) is 0 Å². The van der Waals surface area contributed by atoms with Crippen molar-refractivity contribution in [1.29, 1.82) is 0 Å². The van der Waals surface area contributed by atoms with Crippen molar-refractivity contribution in [2.75, 3.05) is 10.2 Å². The Bertz CT molecular complexity index is 1310. The molecule has 4 aromatic rings. The number of hydrogen-bond donors (Lipinski definition) is 2. The zero-order valence-corrected chi connectivity index (χ0v) is 17.9. The minimum absolute atomic E-state index is 0.199. The molecular weight excluding hydrogens is 412 g/mol. The average Bonchev–Trinajstić information content (AvgIpc) is 2.98. The van der Waals surface area contributed by atoms with Crippen LogP contribution in [0.25, 0.3) is 0 Å². The number of carbonyl (C=O) groups excluding carboxylic acids is 2. The third-order valence-electron chi connectivity index (χ3n) is 5.60. The number of nitrogens with zero attached hydrogens (tertiary/aromatic N) is 2. The predicted octanol–water partition coefficient (Wildman–Crippen LogP) is 4.92. The van der Waals surface area contributed by atoms with E-state index in [1.54, 1.807) is 24.5 Å². The van der Waals surface area contributed by atoms with E-state index in [2.05, 4.69) is 32.7 Å². The molecule has 2 heterocycles. The lowest BCUT2D eigenvalue weighted by Crippen LogP contribution is -2.23. The lowest BCUT2D eigenvalue weighted by atomic mass is 10.1. The van der Waals surface area contributed by atoms with Gasteiger partial charge >= 0.3 is 0 Å². The molecule has 0 bridgehead atoms. The highest BCUT2D eigenvalue weighted by Crippen LogP contribution is 2.39. The largest absolute Gasteiger partial charge is 0.348 e. The van der Waals surface area contributed by atoms with E-state index in [9.17, 15) is 9.59 Å². The van der Waals surface area contributed by atoms with Gasteiger partial charge in [-0.05, 0) is 47.5 Å². The quantitative estimate of drug-likeness (QED) is 0.468. The van der Waals surface area contributed by atoms with Crippen LogP contribution in [0.1, 0.15) is 31.8 Å². The first kappa shape index (κ1) is 20.5. The maximum Gasteiger partial charge on any atom is 0.257 e. The second-order valence-electron chi connectivity index (χ2n) is 7.82. The number of nitrogens with one attached hydrogen (secondary N) is 2. The molecular formula is C27H22N4O2. The van der Waals surface area contributed by atoms with Crippen molar-refractivity contribution in [1.82, 2.24) is 10.3 Å². The lowest BCUT2D eigenvalue weighted by Gasteiger charge is -2.26. The van der Waals surface area contributed by atoms with E-state index >= 15 is 0 Å². The molecule has 0 radical (unpaired) electrons. The number of benzene rings is 3. The van der Waals surface area contributed by atoms with E-state index in [4.69, 9.17) is 0 Å². The summed E-state index contributed by atoms with van der Waals surface area (Å²) in [4.78, 5) is 32.0. The van der Waals surface area contributed by atoms with Crippen molar-refractivity contribution in [3.63, 3.8) is 0 Å². The number of pyridine rings is 1. The van der Waals surface area contributed by atoms with E-state index < -0.39 is 0 Å². The molecule has 2 amide bonds. The molecule has 6 nitrogen and oxygen atoms in total. The second-order valence-corrected chi connectivity index (χ2v) is 7.82. The summed E-state index contributed by atoms with van der Waals surface area (Å²) in [7, 11) is 0. The van der Waals surface area contributed by atoms with Gasteiger partial charge in [-0.25, -0.2) is 0 Å². The van der Waals surface area contributed by atoms with Crippen LogP contribution < -0.4 is 15.5 Å². The fourth-order valence-corrected chi connectivity index (χ4v) is 3.96. The van der Waals surface area contributed by atoms with E-state index in [-0.39, 0.29) is 11.8 Å². The Hall–Kier alpha value is -4.45. The number of rotatable bonds is 5. The summed E-state index contributed by atoms with van der Waals surface area (Å²) in [6, 6.07) is 26.8. The summed E-state index contributed by atoms with van der Waals surface area (Å²) in [6.07, 6.45) is 3.41. The minimum atomic E-state index is -0.215. The van der Waals surface area contributed by atoms with Crippen LogP contribution >= 0.6 is 0 Å². The molecule has 3 aromatic carbocycles. The van der Waals surface area contributed by atoms with Crippen LogP contribution in [0.15, 0.2) is 97.3 Å². The zero-order chi connectivity index (χ0) is 22.6. The van der Waals surface area contributed by atoms with E-state index in [1.807, 2.05) is 60.7 Å². The third-order valence-corrected chi connectivity index (χ3v) is 5.60. The Labute approximate surface area is 191 Å². The van der Waals surface area contributed by atoms with Gasteiger partial charge in [-0.3, -0.25) is 14.6 Å². The number of hydrogen-bond acceptors (Lipinski definition) is 4. The molecule has 33 heavy (non-hydrogen) atoms. The maximum absolute atomic E-state index is 13.0. The van der Waals surface area contributed by atoms with Gasteiger partial charge in [0, 0.05) is 31.0 Å². The molecule has 0 unspecified atom stereocenters. The van der Waals surface area contributed by atoms with E-state index in [0.29, 0.717) is 29.9 Å². The van der Waals surface area contributed by atoms with Crippen molar-refractivity contribution in [3.8, 4) is 0 Å². The minimum Gasteiger partial charge on any atom is -0.348 e. The second kappa shape index (κ2) is 8.96. The Morgan fingerprint density at radius 1 is 0.879 bits per heavy atom. The molecule has 0 saturated heterocycles. The van der Waals surface area contributed by atoms with E-state index in [0.717, 1.165) is 22.5 Å². The SMILES string of the molecule is O=C(NCc1cccnc1)c1ccc2c(c1)NC(=O)c1ccccc1N2Cc1ccccc1. The molecule has 2 N–H and O–H groups in total. The summed E-state index contributed by atoms with van der Waals surface area (Å²) in [5, 5.41) is 5.90. The van der Waals surface area contributed by atoms with Gasteiger partial charge in [0.2, 0.25) is 0 Å². The molecule has 162 valence electrons. The molecule has 1 aliphatic rings. The molecule has 1 aromatic heterocycles. The summed E-state index contributed by atoms with van der Waals surface area (Å²) in [5.74, 6) is -0.414. The van der Waals surface area contributed by atoms with Crippen molar-refractivity contribution in [2.24, 2.45) is 0 Å². The van der Waals surface area contributed by atoms with Crippen LogP contribution in [0.4, 0.5) is 17.1 Å². The first-order valence-electron chi connectivity index (χ1n) is 10.7. The smallest absolute Gasteiger partial charge is 0.257 e. The normalized spacial score (nSPS) is 12.2. The summed E-state index contributed by atoms with van der Waals surface area (Å²) >= 11 is 0. The van der Waals surface area contributed by atoms with Crippen LogP contribution in [0.5, 0.6) is 0 Å². The number of amides is 2. The van der Waals surface area contributed by atoms with Crippen LogP contribution in [-0.4, -0.2) is 16.8 Å². The molecule has 0 atom stereocenters. The van der Waals surface area contributed by atoms with Crippen molar-refractivity contribution in [2.45, 2.75) is 13.1 Å². The Morgan fingerprint density at radius 3 is 2.48 bits per heavy atom. The number of carbonyl (C=O) groups is 2. The number of fused-ring (bicyclic) bond motifs is 2. The Morgan fingerprint density at radius 2 is 1.67 bits per heavy atom. The first-order chi connectivity index (χ1) is 16.2. The van der Waals surface area contributed by atoms with Crippen LogP contribution in [-0.2, 0) is 13.1 Å². The van der Waals surface area contributed by atoms with Crippen LogP contribution in [0.2, 0.25) is 0 Å². The van der Waals surface area contributed by atoms with Crippen molar-refractivity contribution >= 4 is 28.9 Å². The van der Waals surface area contributed by atoms with Gasteiger partial charge < -0.3 is 15.5 Å². The number of anilines is 3. The molecule has 1 aliphatic heterocycles. The topological polar surface area (TPSA) is 74.3 Å². The first-order valence-corrected chi connectivity index (χ1v) is 10.7. The van der Waals surface area contributed by atoms with Crippen LogP contribution in [0.3, 0.4) is 0 Å². The van der Waals surface area contributed by atoms with Gasteiger partial charge in [0.15, 0.2) is 0 Å². The van der Waals surface area contributed by atoms with E-state index in [1.165, 1.54) is 0 Å². The zero-order valence-electron chi connectivity index (χ0n) is 17.9. The molecule has 6 heteroatoms. The van der Waals surface area contributed by atoms with Gasteiger partial charge in [-0.2, -0.15) is 0 Å². The number of para-hydroxylation sites is 1. The van der Waals surface area contributed by atoms with Gasteiger partial charge in [0.1, 0.15) is 0 Å². The molecule has 0 spiro atoms. The molecule has 0 saturated carbocycles. The highest BCUT2D eigenvalue weighted by atomic mass is 16.2. The number of aromatic nitrogens is 1. The molecule has 0 aliphatic carbocycles. The Kier molecular flexibility index (Phi) is 5.55. The summed E-state index contributed by atoms with van der Waals surface area (Å²) in [5.41, 5.74) is 5.36. The summed E-state index contributed by atoms with van der Waals surface area (Å²) < 4.78 is 0.